The molecule has 3 aromatic rings. The van der Waals surface area contributed by atoms with E-state index < -0.39 is 0 Å². The summed E-state index contributed by atoms with van der Waals surface area (Å²) in [5, 5.41) is 3.90. The molecule has 180 valence electrons. The van der Waals surface area contributed by atoms with Gasteiger partial charge in [0.15, 0.2) is 16.6 Å². The molecule has 0 spiro atoms. The fourth-order valence-electron chi connectivity index (χ4n) is 3.28. The van der Waals surface area contributed by atoms with Crippen LogP contribution in [0.15, 0.2) is 53.6 Å². The zero-order valence-corrected chi connectivity index (χ0v) is 21.9. The molecular formula is C24H20ClN3O4S3. The van der Waals surface area contributed by atoms with Gasteiger partial charge in [-0.05, 0) is 41.5 Å². The number of thiocarbonyl (C=S) groups is 1. The van der Waals surface area contributed by atoms with Crippen LogP contribution in [0.5, 0.6) is 11.5 Å². The number of aromatic nitrogens is 1. The molecular weight excluding hydrogens is 526 g/mol. The summed E-state index contributed by atoms with van der Waals surface area (Å²) in [6.07, 6.45) is 4.11. The van der Waals surface area contributed by atoms with E-state index >= 15 is 0 Å². The Morgan fingerprint density at radius 2 is 1.91 bits per heavy atom. The van der Waals surface area contributed by atoms with Crippen molar-refractivity contribution in [3.63, 3.8) is 0 Å². The van der Waals surface area contributed by atoms with Crippen LogP contribution in [0.25, 0.3) is 6.08 Å². The maximum absolute atomic E-state index is 12.9. The molecule has 1 aromatic heterocycles. The largest absolute Gasteiger partial charge is 0.493 e. The summed E-state index contributed by atoms with van der Waals surface area (Å²) in [5.41, 5.74) is 1.85. The maximum Gasteiger partial charge on any atom is 0.266 e. The number of anilines is 1. The van der Waals surface area contributed by atoms with Crippen LogP contribution in [-0.2, 0) is 16.0 Å². The third-order valence-corrected chi connectivity index (χ3v) is 7.51. The van der Waals surface area contributed by atoms with Crippen molar-refractivity contribution >= 4 is 74.3 Å². The zero-order chi connectivity index (χ0) is 24.9. The van der Waals surface area contributed by atoms with Crippen LogP contribution in [0.3, 0.4) is 0 Å². The summed E-state index contributed by atoms with van der Waals surface area (Å²) < 4.78 is 10.9. The van der Waals surface area contributed by atoms with E-state index in [0.29, 0.717) is 37.3 Å². The van der Waals surface area contributed by atoms with Gasteiger partial charge in [-0.15, -0.1) is 11.3 Å². The van der Waals surface area contributed by atoms with Gasteiger partial charge in [0.2, 0.25) is 5.91 Å². The van der Waals surface area contributed by atoms with Crippen molar-refractivity contribution in [3.05, 3.63) is 74.6 Å². The topological polar surface area (TPSA) is 80.8 Å². The molecule has 0 bridgehead atoms. The molecule has 2 aromatic carbocycles. The number of carbonyl (C=O) groups excluding carboxylic acids is 2. The van der Waals surface area contributed by atoms with Crippen molar-refractivity contribution in [2.45, 2.75) is 6.42 Å². The number of thioether (sulfide) groups is 1. The van der Waals surface area contributed by atoms with Crippen LogP contribution < -0.4 is 14.8 Å². The molecule has 2 heterocycles. The lowest BCUT2D eigenvalue weighted by Crippen LogP contribution is -2.36. The first-order valence-corrected chi connectivity index (χ1v) is 12.7. The van der Waals surface area contributed by atoms with E-state index in [9.17, 15) is 9.59 Å². The quantitative estimate of drug-likeness (QED) is 0.306. The number of benzene rings is 2. The Morgan fingerprint density at radius 3 is 2.63 bits per heavy atom. The van der Waals surface area contributed by atoms with Crippen LogP contribution in [0, 0.1) is 0 Å². The van der Waals surface area contributed by atoms with Gasteiger partial charge in [-0.3, -0.25) is 14.5 Å². The van der Waals surface area contributed by atoms with Gasteiger partial charge in [0.1, 0.15) is 10.9 Å². The maximum atomic E-state index is 12.9. The number of nitrogens with zero attached hydrogens (tertiary/aromatic N) is 2. The summed E-state index contributed by atoms with van der Waals surface area (Å²) in [6, 6.07) is 12.9. The molecule has 7 nitrogen and oxygen atoms in total. The predicted molar refractivity (Wildman–Crippen MR) is 144 cm³/mol. The van der Waals surface area contributed by atoms with Gasteiger partial charge < -0.3 is 14.8 Å². The van der Waals surface area contributed by atoms with E-state index in [1.807, 2.05) is 30.3 Å². The number of hydrogen-bond acceptors (Lipinski definition) is 8. The fourth-order valence-corrected chi connectivity index (χ4v) is 5.53. The van der Waals surface area contributed by atoms with Gasteiger partial charge >= 0.3 is 0 Å². The Morgan fingerprint density at radius 1 is 1.17 bits per heavy atom. The van der Waals surface area contributed by atoms with E-state index in [-0.39, 0.29) is 18.4 Å². The first-order valence-electron chi connectivity index (χ1n) is 10.3. The molecule has 1 aliphatic rings. The monoisotopic (exact) mass is 545 g/mol. The smallest absolute Gasteiger partial charge is 0.266 e. The van der Waals surface area contributed by atoms with E-state index in [2.05, 4.69) is 10.3 Å². The summed E-state index contributed by atoms with van der Waals surface area (Å²) in [4.78, 5) is 32.5. The summed E-state index contributed by atoms with van der Waals surface area (Å²) in [6.45, 7) is -0.194. The number of hydrogen-bond donors (Lipinski definition) is 1. The second-order valence-corrected chi connectivity index (χ2v) is 10.6. The van der Waals surface area contributed by atoms with Crippen molar-refractivity contribution < 1.29 is 19.1 Å². The van der Waals surface area contributed by atoms with Crippen LogP contribution in [0.4, 0.5) is 5.13 Å². The Hall–Kier alpha value is -2.92. The molecule has 2 amide bonds. The number of ether oxygens (including phenoxy) is 2. The number of amides is 2. The Labute approximate surface area is 221 Å². The van der Waals surface area contributed by atoms with E-state index in [1.165, 1.54) is 16.2 Å². The number of carbonyl (C=O) groups is 2. The minimum absolute atomic E-state index is 0.194. The van der Waals surface area contributed by atoms with Crippen LogP contribution in [-0.4, -0.2) is 46.8 Å². The van der Waals surface area contributed by atoms with Crippen molar-refractivity contribution in [1.29, 1.82) is 0 Å². The Kier molecular flexibility index (Phi) is 8.07. The lowest BCUT2D eigenvalue weighted by molar-refractivity contribution is -0.126. The first-order chi connectivity index (χ1) is 16.9. The number of methoxy groups -OCH3 is 2. The van der Waals surface area contributed by atoms with Gasteiger partial charge in [-0.25, -0.2) is 4.98 Å². The highest BCUT2D eigenvalue weighted by molar-refractivity contribution is 8.26. The summed E-state index contributed by atoms with van der Waals surface area (Å²) >= 11 is 13.8. The highest BCUT2D eigenvalue weighted by Gasteiger charge is 2.33. The molecule has 0 unspecified atom stereocenters. The molecule has 0 saturated carbocycles. The third-order valence-electron chi connectivity index (χ3n) is 4.97. The van der Waals surface area contributed by atoms with Gasteiger partial charge in [-0.2, -0.15) is 0 Å². The normalized spacial score (nSPS) is 14.5. The van der Waals surface area contributed by atoms with Gasteiger partial charge in [0.25, 0.3) is 5.91 Å². The molecule has 1 N–H and O–H groups in total. The minimum Gasteiger partial charge on any atom is -0.493 e. The van der Waals surface area contributed by atoms with Crippen molar-refractivity contribution in [3.8, 4) is 11.5 Å². The number of thiazole rings is 1. The minimum atomic E-state index is -0.374. The van der Waals surface area contributed by atoms with Crippen LogP contribution >= 0.6 is 46.9 Å². The molecule has 0 atom stereocenters. The van der Waals surface area contributed by atoms with Crippen LogP contribution in [0.2, 0.25) is 5.02 Å². The Bertz CT molecular complexity index is 1310. The van der Waals surface area contributed by atoms with Crippen molar-refractivity contribution in [2.24, 2.45) is 0 Å². The van der Waals surface area contributed by atoms with Gasteiger partial charge in [-0.1, -0.05) is 53.8 Å². The number of rotatable bonds is 8. The molecule has 4 rings (SSSR count). The van der Waals surface area contributed by atoms with Crippen molar-refractivity contribution in [2.75, 3.05) is 26.1 Å². The average molecular weight is 546 g/mol. The molecule has 0 aliphatic carbocycles. The lowest BCUT2D eigenvalue weighted by Gasteiger charge is -2.13. The molecule has 1 fully saturated rings. The average Bonchev–Trinajstić information content (AvgIpc) is 3.39. The summed E-state index contributed by atoms with van der Waals surface area (Å²) in [5.74, 6) is 0.441. The molecule has 11 heteroatoms. The molecule has 0 radical (unpaired) electrons. The molecule has 1 saturated heterocycles. The molecule has 1 aliphatic heterocycles. The number of nitrogens with one attached hydrogen (secondary N) is 1. The second-order valence-electron chi connectivity index (χ2n) is 7.37. The van der Waals surface area contributed by atoms with Crippen LogP contribution in [0.1, 0.15) is 16.0 Å². The number of halogens is 1. The van der Waals surface area contributed by atoms with Crippen molar-refractivity contribution in [1.82, 2.24) is 9.88 Å². The van der Waals surface area contributed by atoms with E-state index in [0.717, 1.165) is 27.8 Å². The predicted octanol–water partition coefficient (Wildman–Crippen LogP) is 5.24. The second kappa shape index (κ2) is 11.2. The molecule has 35 heavy (non-hydrogen) atoms. The Balaban J connectivity index is 1.38. The van der Waals surface area contributed by atoms with Gasteiger partial charge in [0, 0.05) is 22.5 Å². The first kappa shape index (κ1) is 25.2. The zero-order valence-electron chi connectivity index (χ0n) is 18.7. The van der Waals surface area contributed by atoms with E-state index in [1.54, 1.807) is 38.6 Å². The summed E-state index contributed by atoms with van der Waals surface area (Å²) in [7, 11) is 3.10. The fraction of sp³-hybridized carbons (Fsp3) is 0.167. The highest BCUT2D eigenvalue weighted by atomic mass is 35.5. The van der Waals surface area contributed by atoms with E-state index in [4.69, 9.17) is 33.3 Å². The third kappa shape index (κ3) is 6.21. The van der Waals surface area contributed by atoms with Gasteiger partial charge in [0.05, 0.1) is 19.1 Å². The standard InChI is InChI=1S/C24H20ClN3O4S3/c1-31-18-8-5-15(10-19(18)32-2)11-20-22(30)28(24(33)35-20)13-21(29)27-23-26-12-17(34-23)9-14-3-6-16(25)7-4-14/h3-8,10-12H,9,13H2,1-2H3,(H,26,27,29). The highest BCUT2D eigenvalue weighted by Crippen LogP contribution is 2.34. The SMILES string of the molecule is COc1ccc(C=C2SC(=S)N(CC(=O)Nc3ncc(Cc4ccc(Cl)cc4)s3)C2=O)cc1OC. The lowest BCUT2D eigenvalue weighted by atomic mass is 10.1.